The van der Waals surface area contributed by atoms with E-state index in [4.69, 9.17) is 0 Å². The van der Waals surface area contributed by atoms with Crippen LogP contribution in [-0.2, 0) is 16.1 Å². The summed E-state index contributed by atoms with van der Waals surface area (Å²) in [5.41, 5.74) is 2.46. The van der Waals surface area contributed by atoms with Gasteiger partial charge in [0.1, 0.15) is 11.4 Å². The van der Waals surface area contributed by atoms with Crippen molar-refractivity contribution in [1.29, 1.82) is 0 Å². The summed E-state index contributed by atoms with van der Waals surface area (Å²) in [5.74, 6) is -1.53. The number of benzene rings is 2. The summed E-state index contributed by atoms with van der Waals surface area (Å²) in [4.78, 5) is 39.4. The molecule has 1 aliphatic heterocycles. The number of barbiturate groups is 1. The summed E-state index contributed by atoms with van der Waals surface area (Å²) >= 11 is 3.49. The lowest BCUT2D eigenvalue weighted by Gasteiger charge is -2.31. The Kier molecular flexibility index (Phi) is 5.62. The predicted molar refractivity (Wildman–Crippen MR) is 126 cm³/mol. The third kappa shape index (κ3) is 4.11. The highest BCUT2D eigenvalue weighted by Gasteiger charge is 2.40. The molecule has 1 saturated carbocycles. The van der Waals surface area contributed by atoms with Gasteiger partial charge in [-0.15, -0.1) is 0 Å². The molecule has 0 atom stereocenters. The number of amides is 4. The Balaban J connectivity index is 1.56. The van der Waals surface area contributed by atoms with E-state index >= 15 is 0 Å². The van der Waals surface area contributed by atoms with Gasteiger partial charge in [0.05, 0.1) is 0 Å². The highest BCUT2D eigenvalue weighted by molar-refractivity contribution is 9.10. The van der Waals surface area contributed by atoms with E-state index in [0.29, 0.717) is 12.1 Å². The molecular weight excluding hydrogens is 489 g/mol. The molecule has 33 heavy (non-hydrogen) atoms. The molecule has 8 heteroatoms. The molecule has 0 radical (unpaired) electrons. The molecule has 2 heterocycles. The van der Waals surface area contributed by atoms with Crippen LogP contribution in [0.2, 0.25) is 0 Å². The Hall–Kier alpha value is -3.26. The van der Waals surface area contributed by atoms with E-state index in [0.717, 1.165) is 46.6 Å². The van der Waals surface area contributed by atoms with Gasteiger partial charge in [0.15, 0.2) is 0 Å². The fourth-order valence-corrected chi connectivity index (χ4v) is 5.01. The maximum Gasteiger partial charge on any atom is 0.331 e. The fourth-order valence-electron chi connectivity index (χ4n) is 4.65. The number of urea groups is 1. The van der Waals surface area contributed by atoms with Crippen molar-refractivity contribution in [2.45, 2.75) is 38.3 Å². The van der Waals surface area contributed by atoms with Crippen LogP contribution in [0.25, 0.3) is 17.0 Å². The van der Waals surface area contributed by atoms with Gasteiger partial charge in [-0.2, -0.15) is 0 Å². The minimum Gasteiger partial charge on any atom is -0.342 e. The maximum absolute atomic E-state index is 13.3. The quantitative estimate of drug-likeness (QED) is 0.397. The van der Waals surface area contributed by atoms with Gasteiger partial charge in [-0.1, -0.05) is 40.9 Å². The van der Waals surface area contributed by atoms with E-state index < -0.39 is 17.8 Å². The molecule has 5 rings (SSSR count). The van der Waals surface area contributed by atoms with E-state index in [1.807, 2.05) is 29.0 Å². The maximum atomic E-state index is 13.3. The first-order valence-electron chi connectivity index (χ1n) is 10.8. The number of carbonyl (C=O) groups is 3. The van der Waals surface area contributed by atoms with Crippen molar-refractivity contribution in [2.24, 2.45) is 0 Å². The van der Waals surface area contributed by atoms with Crippen LogP contribution < -0.4 is 5.32 Å². The molecule has 6 nitrogen and oxygen atoms in total. The van der Waals surface area contributed by atoms with Gasteiger partial charge in [-0.3, -0.25) is 19.8 Å². The lowest BCUT2D eigenvalue weighted by atomic mass is 10.0. The molecule has 1 aromatic heterocycles. The Morgan fingerprint density at radius 3 is 2.52 bits per heavy atom. The van der Waals surface area contributed by atoms with Gasteiger partial charge in [-0.25, -0.2) is 9.18 Å². The van der Waals surface area contributed by atoms with Gasteiger partial charge in [0.25, 0.3) is 11.8 Å². The van der Waals surface area contributed by atoms with E-state index in [1.54, 1.807) is 18.2 Å². The third-order valence-electron chi connectivity index (χ3n) is 6.26. The summed E-state index contributed by atoms with van der Waals surface area (Å²) in [6, 6.07) is 11.2. The molecular formula is C25H21BrFN3O3. The summed E-state index contributed by atoms with van der Waals surface area (Å²) in [5, 5.41) is 3.18. The summed E-state index contributed by atoms with van der Waals surface area (Å²) < 4.78 is 16.2. The van der Waals surface area contributed by atoms with E-state index in [2.05, 4.69) is 21.2 Å². The summed E-state index contributed by atoms with van der Waals surface area (Å²) in [7, 11) is 0. The number of hydrogen-bond donors (Lipinski definition) is 1. The first-order valence-corrected chi connectivity index (χ1v) is 11.6. The van der Waals surface area contributed by atoms with Crippen LogP contribution in [0.15, 0.2) is 58.7 Å². The summed E-state index contributed by atoms with van der Waals surface area (Å²) in [6.07, 6.45) is 6.85. The number of aromatic nitrogens is 1. The van der Waals surface area contributed by atoms with Crippen LogP contribution in [0.4, 0.5) is 9.18 Å². The number of fused-ring (bicyclic) bond motifs is 1. The summed E-state index contributed by atoms with van der Waals surface area (Å²) in [6.45, 7) is 0.494. The molecule has 0 bridgehead atoms. The Bertz CT molecular complexity index is 1310. The molecule has 2 aromatic carbocycles. The van der Waals surface area contributed by atoms with Crippen LogP contribution in [0.1, 0.15) is 36.8 Å². The van der Waals surface area contributed by atoms with Crippen molar-refractivity contribution in [1.82, 2.24) is 14.8 Å². The average molecular weight is 510 g/mol. The first kappa shape index (κ1) is 21.6. The molecule has 2 aliphatic rings. The van der Waals surface area contributed by atoms with Crippen molar-refractivity contribution in [3.63, 3.8) is 0 Å². The zero-order valence-corrected chi connectivity index (χ0v) is 19.3. The first-order chi connectivity index (χ1) is 15.9. The van der Waals surface area contributed by atoms with Crippen molar-refractivity contribution in [3.05, 3.63) is 75.7 Å². The van der Waals surface area contributed by atoms with E-state index in [-0.39, 0.29) is 17.4 Å². The minimum absolute atomic E-state index is 0.0534. The Morgan fingerprint density at radius 1 is 1.06 bits per heavy atom. The Morgan fingerprint density at radius 2 is 1.79 bits per heavy atom. The van der Waals surface area contributed by atoms with Gasteiger partial charge in [0, 0.05) is 39.7 Å². The monoisotopic (exact) mass is 509 g/mol. The molecule has 1 N–H and O–H groups in total. The largest absolute Gasteiger partial charge is 0.342 e. The second-order valence-electron chi connectivity index (χ2n) is 8.43. The number of halogens is 2. The molecule has 0 spiro atoms. The smallest absolute Gasteiger partial charge is 0.331 e. The third-order valence-corrected chi connectivity index (χ3v) is 6.76. The molecule has 168 valence electrons. The van der Waals surface area contributed by atoms with Crippen LogP contribution in [0, 0.1) is 5.82 Å². The molecule has 2 fully saturated rings. The van der Waals surface area contributed by atoms with Gasteiger partial charge in [0.2, 0.25) is 0 Å². The predicted octanol–water partition coefficient (Wildman–Crippen LogP) is 5.00. The Labute approximate surface area is 198 Å². The van der Waals surface area contributed by atoms with Gasteiger partial charge in [-0.05, 0) is 54.8 Å². The number of nitrogens with zero attached hydrogens (tertiary/aromatic N) is 2. The zero-order chi connectivity index (χ0) is 23.1. The van der Waals surface area contributed by atoms with Gasteiger partial charge >= 0.3 is 6.03 Å². The fraction of sp³-hybridized carbons (Fsp3) is 0.240. The lowest BCUT2D eigenvalue weighted by Crippen LogP contribution is -2.57. The van der Waals surface area contributed by atoms with Crippen molar-refractivity contribution in [3.8, 4) is 0 Å². The van der Waals surface area contributed by atoms with E-state index in [1.165, 1.54) is 17.0 Å². The van der Waals surface area contributed by atoms with Crippen molar-refractivity contribution in [2.75, 3.05) is 0 Å². The van der Waals surface area contributed by atoms with Crippen LogP contribution >= 0.6 is 15.9 Å². The minimum atomic E-state index is -0.686. The molecule has 4 amide bonds. The number of rotatable bonds is 4. The highest BCUT2D eigenvalue weighted by Crippen LogP contribution is 2.30. The molecule has 0 unspecified atom stereocenters. The average Bonchev–Trinajstić information content (AvgIpc) is 3.41. The normalized spacial score (nSPS) is 18.5. The number of nitrogens with one attached hydrogen (secondary N) is 1. The van der Waals surface area contributed by atoms with Crippen molar-refractivity contribution >= 4 is 50.8 Å². The van der Waals surface area contributed by atoms with E-state index in [9.17, 15) is 18.8 Å². The van der Waals surface area contributed by atoms with Crippen LogP contribution in [0.3, 0.4) is 0 Å². The standard InChI is InChI=1S/C25H21BrFN3O3/c26-17-7-10-22-20(12-17)16(14-29(22)13-15-5-8-18(27)9-6-15)11-21-23(31)28-25(33)30(24(21)32)19-3-1-2-4-19/h5-12,14,19H,1-4,13H2,(H,28,31,33)/b21-11-. The molecule has 3 aromatic rings. The zero-order valence-electron chi connectivity index (χ0n) is 17.7. The highest BCUT2D eigenvalue weighted by atomic mass is 79.9. The second-order valence-corrected chi connectivity index (χ2v) is 9.35. The number of imide groups is 2. The van der Waals surface area contributed by atoms with Crippen molar-refractivity contribution < 1.29 is 18.8 Å². The number of carbonyl (C=O) groups excluding carboxylic acids is 3. The molecule has 1 aliphatic carbocycles. The van der Waals surface area contributed by atoms with Crippen LogP contribution in [-0.4, -0.2) is 33.4 Å². The lowest BCUT2D eigenvalue weighted by molar-refractivity contribution is -0.131. The molecule has 1 saturated heterocycles. The second kappa shape index (κ2) is 8.59. The van der Waals surface area contributed by atoms with Crippen LogP contribution in [0.5, 0.6) is 0 Å². The van der Waals surface area contributed by atoms with Gasteiger partial charge < -0.3 is 4.57 Å². The SMILES string of the molecule is O=C1NC(=O)N(C2CCCC2)C(=O)/C1=C\c1cn(Cc2ccc(F)cc2)c2ccc(Br)cc12. The number of hydrogen-bond acceptors (Lipinski definition) is 3. The topological polar surface area (TPSA) is 71.4 Å².